The predicted octanol–water partition coefficient (Wildman–Crippen LogP) is 2.79. The summed E-state index contributed by atoms with van der Waals surface area (Å²) in [5, 5.41) is 0.875. The lowest BCUT2D eigenvalue weighted by Gasteiger charge is -2.30. The number of rotatable bonds is 8. The number of aryl methyl sites for hydroxylation is 2. The van der Waals surface area contributed by atoms with Crippen molar-refractivity contribution in [2.75, 3.05) is 33.6 Å². The van der Waals surface area contributed by atoms with Crippen LogP contribution in [-0.2, 0) is 27.2 Å². The molecule has 1 aliphatic rings. The van der Waals surface area contributed by atoms with Crippen LogP contribution < -0.4 is 10.4 Å². The minimum absolute atomic E-state index is 0.232. The number of fused-ring (bicyclic) bond motifs is 3. The van der Waals surface area contributed by atoms with Crippen molar-refractivity contribution in [2.45, 2.75) is 39.7 Å². The number of hydrogen-bond acceptors (Lipinski definition) is 7. The number of carbonyl (C=O) groups is 1. The van der Waals surface area contributed by atoms with Crippen LogP contribution in [0.1, 0.15) is 36.5 Å². The standard InChI is InChI=1S/C21H27NO6/c1-4-26-18(23)7-6-15-11-16-14(2)10-19(24)28-21(16)17-12-22(8-5-9-25-3)13-27-20(15)17/h10-11H,4-9,12-13H2,1-3H3. The maximum absolute atomic E-state index is 12.0. The molecule has 28 heavy (non-hydrogen) atoms. The predicted molar refractivity (Wildman–Crippen MR) is 105 cm³/mol. The molecule has 0 saturated heterocycles. The first-order chi connectivity index (χ1) is 13.5. The SMILES string of the molecule is CCOC(=O)CCc1cc2c(C)cc(=O)oc2c2c1OCN(CCCOC)C2. The van der Waals surface area contributed by atoms with E-state index in [9.17, 15) is 9.59 Å². The molecule has 0 unspecified atom stereocenters. The third-order valence-corrected chi connectivity index (χ3v) is 4.86. The Kier molecular flexibility index (Phi) is 6.70. The third-order valence-electron chi connectivity index (χ3n) is 4.86. The summed E-state index contributed by atoms with van der Waals surface area (Å²) in [5.74, 6) is 0.484. The van der Waals surface area contributed by atoms with Crippen molar-refractivity contribution in [3.8, 4) is 5.75 Å². The fourth-order valence-electron chi connectivity index (χ4n) is 3.54. The molecule has 0 spiro atoms. The lowest BCUT2D eigenvalue weighted by Crippen LogP contribution is -2.34. The lowest BCUT2D eigenvalue weighted by atomic mass is 9.97. The molecule has 7 nitrogen and oxygen atoms in total. The third kappa shape index (κ3) is 4.54. The van der Waals surface area contributed by atoms with E-state index in [1.54, 1.807) is 14.0 Å². The number of methoxy groups -OCH3 is 1. The molecule has 7 heteroatoms. The molecular formula is C21H27NO6. The van der Waals surface area contributed by atoms with Gasteiger partial charge in [0.05, 0.1) is 12.2 Å². The van der Waals surface area contributed by atoms with Gasteiger partial charge in [0.2, 0.25) is 0 Å². The van der Waals surface area contributed by atoms with E-state index in [4.69, 9.17) is 18.6 Å². The molecule has 0 saturated carbocycles. The second kappa shape index (κ2) is 9.21. The molecule has 0 radical (unpaired) electrons. The average molecular weight is 389 g/mol. The van der Waals surface area contributed by atoms with Crippen molar-refractivity contribution in [1.29, 1.82) is 0 Å². The van der Waals surface area contributed by atoms with Crippen molar-refractivity contribution in [3.05, 3.63) is 39.2 Å². The van der Waals surface area contributed by atoms with Crippen LogP contribution in [0, 0.1) is 6.92 Å². The van der Waals surface area contributed by atoms with Gasteiger partial charge in [0, 0.05) is 44.7 Å². The fourth-order valence-corrected chi connectivity index (χ4v) is 3.54. The highest BCUT2D eigenvalue weighted by Crippen LogP contribution is 2.37. The van der Waals surface area contributed by atoms with Gasteiger partial charge in [-0.1, -0.05) is 0 Å². The molecule has 0 bridgehead atoms. The van der Waals surface area contributed by atoms with Crippen molar-refractivity contribution >= 4 is 16.9 Å². The van der Waals surface area contributed by atoms with Gasteiger partial charge in [-0.05, 0) is 43.9 Å². The largest absolute Gasteiger partial charge is 0.477 e. The highest BCUT2D eigenvalue weighted by molar-refractivity contribution is 5.86. The first-order valence-electron chi connectivity index (χ1n) is 9.62. The van der Waals surface area contributed by atoms with Gasteiger partial charge in [0.15, 0.2) is 0 Å². The van der Waals surface area contributed by atoms with E-state index in [0.29, 0.717) is 44.2 Å². The van der Waals surface area contributed by atoms with E-state index in [2.05, 4.69) is 4.90 Å². The Morgan fingerprint density at radius 1 is 1.32 bits per heavy atom. The van der Waals surface area contributed by atoms with Gasteiger partial charge in [0.1, 0.15) is 18.1 Å². The van der Waals surface area contributed by atoms with Gasteiger partial charge in [-0.15, -0.1) is 0 Å². The normalized spacial score (nSPS) is 14.0. The van der Waals surface area contributed by atoms with E-state index in [1.165, 1.54) is 6.07 Å². The van der Waals surface area contributed by atoms with Crippen molar-refractivity contribution < 1.29 is 23.4 Å². The van der Waals surface area contributed by atoms with Crippen molar-refractivity contribution in [1.82, 2.24) is 4.90 Å². The zero-order valence-corrected chi connectivity index (χ0v) is 16.7. The maximum atomic E-state index is 12.0. The number of carbonyl (C=O) groups excluding carboxylic acids is 1. The van der Waals surface area contributed by atoms with E-state index in [-0.39, 0.29) is 18.0 Å². The quantitative estimate of drug-likeness (QED) is 0.390. The Bertz CT molecular complexity index is 904. The average Bonchev–Trinajstić information content (AvgIpc) is 2.67. The van der Waals surface area contributed by atoms with E-state index < -0.39 is 0 Å². The Morgan fingerprint density at radius 3 is 2.89 bits per heavy atom. The molecule has 1 aromatic heterocycles. The molecule has 0 amide bonds. The molecule has 3 rings (SSSR count). The second-order valence-corrected chi connectivity index (χ2v) is 6.95. The van der Waals surface area contributed by atoms with Gasteiger partial charge in [-0.2, -0.15) is 0 Å². The van der Waals surface area contributed by atoms with Gasteiger partial charge < -0.3 is 18.6 Å². The van der Waals surface area contributed by atoms with E-state index >= 15 is 0 Å². The number of ether oxygens (including phenoxy) is 3. The zero-order valence-electron chi connectivity index (χ0n) is 16.7. The summed E-state index contributed by atoms with van der Waals surface area (Å²) >= 11 is 0. The fraction of sp³-hybridized carbons (Fsp3) is 0.524. The monoisotopic (exact) mass is 389 g/mol. The van der Waals surface area contributed by atoms with Gasteiger partial charge in [-0.3, -0.25) is 9.69 Å². The summed E-state index contributed by atoms with van der Waals surface area (Å²) in [4.78, 5) is 25.9. The first kappa shape index (κ1) is 20.4. The topological polar surface area (TPSA) is 78.2 Å². The summed E-state index contributed by atoms with van der Waals surface area (Å²) in [6, 6.07) is 3.45. The molecule has 1 aromatic carbocycles. The summed E-state index contributed by atoms with van der Waals surface area (Å²) in [5.41, 5.74) is 2.84. The Morgan fingerprint density at radius 2 is 2.14 bits per heavy atom. The van der Waals surface area contributed by atoms with Gasteiger partial charge in [0.25, 0.3) is 0 Å². The summed E-state index contributed by atoms with van der Waals surface area (Å²) in [7, 11) is 1.68. The number of hydrogen-bond donors (Lipinski definition) is 0. The minimum atomic E-state index is -0.372. The van der Waals surface area contributed by atoms with Crippen LogP contribution in [0.3, 0.4) is 0 Å². The molecule has 0 aliphatic carbocycles. The number of benzene rings is 1. The lowest BCUT2D eigenvalue weighted by molar-refractivity contribution is -0.143. The van der Waals surface area contributed by atoms with Crippen LogP contribution in [-0.4, -0.2) is 44.5 Å². The van der Waals surface area contributed by atoms with Crippen molar-refractivity contribution in [3.63, 3.8) is 0 Å². The Labute approximate surface area is 164 Å². The molecule has 0 atom stereocenters. The van der Waals surface area contributed by atoms with E-state index in [0.717, 1.165) is 35.0 Å². The van der Waals surface area contributed by atoms with Crippen LogP contribution in [0.25, 0.3) is 11.0 Å². The van der Waals surface area contributed by atoms with Gasteiger partial charge >= 0.3 is 11.6 Å². The van der Waals surface area contributed by atoms with Gasteiger partial charge in [-0.25, -0.2) is 4.79 Å². The molecular weight excluding hydrogens is 362 g/mol. The minimum Gasteiger partial charge on any atom is -0.477 e. The van der Waals surface area contributed by atoms with Crippen molar-refractivity contribution in [2.24, 2.45) is 0 Å². The second-order valence-electron chi connectivity index (χ2n) is 6.95. The molecule has 0 fully saturated rings. The highest BCUT2D eigenvalue weighted by Gasteiger charge is 2.25. The summed E-state index contributed by atoms with van der Waals surface area (Å²) in [6.07, 6.45) is 1.68. The molecule has 2 heterocycles. The Hall–Kier alpha value is -2.38. The first-order valence-corrected chi connectivity index (χ1v) is 9.62. The number of nitrogens with zero attached hydrogens (tertiary/aromatic N) is 1. The van der Waals surface area contributed by atoms with Crippen LogP contribution >= 0.6 is 0 Å². The van der Waals surface area contributed by atoms with Crippen LogP contribution in [0.2, 0.25) is 0 Å². The zero-order chi connectivity index (χ0) is 20.1. The smallest absolute Gasteiger partial charge is 0.336 e. The van der Waals surface area contributed by atoms with Crippen LogP contribution in [0.5, 0.6) is 5.75 Å². The maximum Gasteiger partial charge on any atom is 0.336 e. The van der Waals surface area contributed by atoms with Crippen LogP contribution in [0.4, 0.5) is 0 Å². The van der Waals surface area contributed by atoms with E-state index in [1.807, 2.05) is 13.0 Å². The molecule has 2 aromatic rings. The Balaban J connectivity index is 1.97. The molecule has 152 valence electrons. The number of esters is 1. The molecule has 0 N–H and O–H groups in total. The molecule has 1 aliphatic heterocycles. The summed E-state index contributed by atoms with van der Waals surface area (Å²) in [6.45, 7) is 6.62. The highest BCUT2D eigenvalue weighted by atomic mass is 16.5. The van der Waals surface area contributed by atoms with Crippen LogP contribution in [0.15, 0.2) is 21.3 Å². The summed E-state index contributed by atoms with van der Waals surface area (Å²) < 4.78 is 21.8.